The molecular weight excluding hydrogens is 372 g/mol. The number of likely N-dealkylation sites (tertiary alicyclic amines) is 1. The third kappa shape index (κ3) is 5.88. The van der Waals surface area contributed by atoms with Gasteiger partial charge in [0, 0.05) is 6.54 Å². The SMILES string of the molecule is CC(C)C(NC(=O)C1CCCN1C(=O)C(N)C(C)O)C(=O)NC(CO)C(=O)O. The minimum Gasteiger partial charge on any atom is -0.480 e. The quantitative estimate of drug-likeness (QED) is 0.242. The lowest BCUT2D eigenvalue weighted by Crippen LogP contribution is -2.59. The van der Waals surface area contributed by atoms with Crippen molar-refractivity contribution in [2.24, 2.45) is 11.7 Å². The summed E-state index contributed by atoms with van der Waals surface area (Å²) in [6.45, 7) is 4.23. The summed E-state index contributed by atoms with van der Waals surface area (Å²) in [5, 5.41) is 32.3. The van der Waals surface area contributed by atoms with E-state index in [9.17, 15) is 24.3 Å². The van der Waals surface area contributed by atoms with Gasteiger partial charge in [-0.3, -0.25) is 14.4 Å². The Morgan fingerprint density at radius 3 is 2.25 bits per heavy atom. The largest absolute Gasteiger partial charge is 0.480 e. The Morgan fingerprint density at radius 1 is 1.18 bits per heavy atom. The number of nitrogens with two attached hydrogens (primary N) is 1. The maximum Gasteiger partial charge on any atom is 0.328 e. The van der Waals surface area contributed by atoms with Crippen LogP contribution in [0.15, 0.2) is 0 Å². The molecule has 0 radical (unpaired) electrons. The Balaban J connectivity index is 2.86. The number of aliphatic hydroxyl groups excluding tert-OH is 2. The summed E-state index contributed by atoms with van der Waals surface area (Å²) in [5.74, 6) is -3.63. The molecule has 1 rings (SSSR count). The standard InChI is InChI=1S/C17H30N4O7/c1-8(2)13(15(25)19-10(7-22)17(27)28)20-14(24)11-5-4-6-21(11)16(26)12(18)9(3)23/h8-13,22-23H,4-7,18H2,1-3H3,(H,19,25)(H,20,24)(H,27,28). The normalized spacial score (nSPS) is 21.0. The number of hydrogen-bond donors (Lipinski definition) is 6. The third-order valence-electron chi connectivity index (χ3n) is 4.69. The summed E-state index contributed by atoms with van der Waals surface area (Å²) in [6, 6.07) is -4.53. The van der Waals surface area contributed by atoms with Gasteiger partial charge in [-0.2, -0.15) is 0 Å². The van der Waals surface area contributed by atoms with E-state index in [1.165, 1.54) is 11.8 Å². The zero-order valence-electron chi connectivity index (χ0n) is 16.3. The van der Waals surface area contributed by atoms with Crippen molar-refractivity contribution in [1.82, 2.24) is 15.5 Å². The van der Waals surface area contributed by atoms with Crippen LogP contribution >= 0.6 is 0 Å². The van der Waals surface area contributed by atoms with Crippen molar-refractivity contribution in [3.63, 3.8) is 0 Å². The maximum absolute atomic E-state index is 12.7. The zero-order valence-corrected chi connectivity index (χ0v) is 16.3. The first-order valence-electron chi connectivity index (χ1n) is 9.19. The van der Waals surface area contributed by atoms with E-state index in [0.29, 0.717) is 19.4 Å². The van der Waals surface area contributed by atoms with E-state index in [1.807, 2.05) is 0 Å². The van der Waals surface area contributed by atoms with Crippen molar-refractivity contribution in [1.29, 1.82) is 0 Å². The van der Waals surface area contributed by atoms with Crippen molar-refractivity contribution < 1.29 is 34.5 Å². The molecule has 11 heteroatoms. The van der Waals surface area contributed by atoms with Gasteiger partial charge in [-0.15, -0.1) is 0 Å². The van der Waals surface area contributed by atoms with Gasteiger partial charge < -0.3 is 36.6 Å². The molecule has 11 nitrogen and oxygen atoms in total. The van der Waals surface area contributed by atoms with E-state index in [4.69, 9.17) is 15.9 Å². The molecule has 7 N–H and O–H groups in total. The molecule has 1 saturated heterocycles. The van der Waals surface area contributed by atoms with Gasteiger partial charge in [0.15, 0.2) is 0 Å². The number of carboxylic acids is 1. The van der Waals surface area contributed by atoms with E-state index in [2.05, 4.69) is 10.6 Å². The van der Waals surface area contributed by atoms with Crippen LogP contribution in [0.25, 0.3) is 0 Å². The first-order chi connectivity index (χ1) is 13.0. The number of aliphatic carboxylic acids is 1. The lowest BCUT2D eigenvalue weighted by atomic mass is 10.0. The average molecular weight is 402 g/mol. The second kappa shape index (κ2) is 10.3. The molecule has 0 aromatic carbocycles. The predicted molar refractivity (Wildman–Crippen MR) is 97.8 cm³/mol. The van der Waals surface area contributed by atoms with Crippen molar-refractivity contribution in [2.45, 2.75) is 63.9 Å². The maximum atomic E-state index is 12.7. The van der Waals surface area contributed by atoms with Crippen molar-refractivity contribution >= 4 is 23.7 Å². The van der Waals surface area contributed by atoms with Crippen LogP contribution in [0.5, 0.6) is 0 Å². The van der Waals surface area contributed by atoms with E-state index >= 15 is 0 Å². The number of rotatable bonds is 9. The molecule has 28 heavy (non-hydrogen) atoms. The number of carbonyl (C=O) groups is 4. The van der Waals surface area contributed by atoms with Crippen LogP contribution in [-0.4, -0.2) is 87.3 Å². The van der Waals surface area contributed by atoms with Crippen LogP contribution in [0.3, 0.4) is 0 Å². The highest BCUT2D eigenvalue weighted by Gasteiger charge is 2.39. The first kappa shape index (κ1) is 23.8. The second-order valence-electron chi connectivity index (χ2n) is 7.27. The molecule has 0 aromatic rings. The van der Waals surface area contributed by atoms with Gasteiger partial charge in [0.2, 0.25) is 17.7 Å². The monoisotopic (exact) mass is 402 g/mol. The smallest absolute Gasteiger partial charge is 0.328 e. The van der Waals surface area contributed by atoms with Crippen molar-refractivity contribution in [3.05, 3.63) is 0 Å². The topological polar surface area (TPSA) is 182 Å². The Morgan fingerprint density at radius 2 is 1.79 bits per heavy atom. The molecule has 0 aliphatic carbocycles. The number of hydrogen-bond acceptors (Lipinski definition) is 7. The molecule has 5 atom stereocenters. The Kier molecular flexibility index (Phi) is 8.79. The van der Waals surface area contributed by atoms with Gasteiger partial charge >= 0.3 is 5.97 Å². The molecule has 0 bridgehead atoms. The summed E-state index contributed by atoms with van der Waals surface area (Å²) in [4.78, 5) is 49.8. The molecule has 5 unspecified atom stereocenters. The van der Waals surface area contributed by atoms with Gasteiger partial charge in [0.1, 0.15) is 24.2 Å². The van der Waals surface area contributed by atoms with Crippen LogP contribution in [0.2, 0.25) is 0 Å². The fourth-order valence-electron chi connectivity index (χ4n) is 2.93. The van der Waals surface area contributed by atoms with E-state index in [-0.39, 0.29) is 5.92 Å². The number of carboxylic acid groups (broad SMARTS) is 1. The number of aliphatic hydroxyl groups is 2. The minimum atomic E-state index is -1.49. The van der Waals surface area contributed by atoms with Crippen molar-refractivity contribution in [2.75, 3.05) is 13.2 Å². The summed E-state index contributed by atoms with van der Waals surface area (Å²) in [5.41, 5.74) is 5.68. The van der Waals surface area contributed by atoms with Crippen molar-refractivity contribution in [3.8, 4) is 0 Å². The number of nitrogens with one attached hydrogen (secondary N) is 2. The van der Waals surface area contributed by atoms with Gasteiger partial charge in [0.25, 0.3) is 0 Å². The Bertz CT molecular complexity index is 596. The van der Waals surface area contributed by atoms with E-state index in [1.54, 1.807) is 13.8 Å². The number of nitrogens with zero attached hydrogens (tertiary/aromatic N) is 1. The Labute approximate surface area is 163 Å². The van der Waals surface area contributed by atoms with Crippen LogP contribution in [0.1, 0.15) is 33.6 Å². The fourth-order valence-corrected chi connectivity index (χ4v) is 2.93. The zero-order chi connectivity index (χ0) is 21.6. The second-order valence-corrected chi connectivity index (χ2v) is 7.27. The molecular formula is C17H30N4O7. The fraction of sp³-hybridized carbons (Fsp3) is 0.765. The van der Waals surface area contributed by atoms with Crippen LogP contribution < -0.4 is 16.4 Å². The molecule has 1 fully saturated rings. The summed E-state index contributed by atoms with van der Waals surface area (Å²) >= 11 is 0. The minimum absolute atomic E-state index is 0.307. The average Bonchev–Trinajstić information content (AvgIpc) is 3.11. The van der Waals surface area contributed by atoms with Gasteiger partial charge in [0.05, 0.1) is 12.7 Å². The molecule has 0 spiro atoms. The molecule has 3 amide bonds. The van der Waals surface area contributed by atoms with E-state index < -0.39 is 60.6 Å². The highest BCUT2D eigenvalue weighted by atomic mass is 16.4. The molecule has 0 aromatic heterocycles. The highest BCUT2D eigenvalue weighted by Crippen LogP contribution is 2.19. The van der Waals surface area contributed by atoms with Gasteiger partial charge in [-0.05, 0) is 25.7 Å². The molecule has 1 aliphatic rings. The highest BCUT2D eigenvalue weighted by molar-refractivity contribution is 5.94. The molecule has 0 saturated carbocycles. The molecule has 160 valence electrons. The number of carbonyl (C=O) groups excluding carboxylic acids is 3. The summed E-state index contributed by atoms with van der Waals surface area (Å²) in [6.07, 6.45) is -0.122. The van der Waals surface area contributed by atoms with E-state index in [0.717, 1.165) is 0 Å². The Hall–Kier alpha value is -2.24. The summed E-state index contributed by atoms with van der Waals surface area (Å²) in [7, 11) is 0. The predicted octanol–water partition coefficient (Wildman–Crippen LogP) is -2.61. The van der Waals surface area contributed by atoms with Crippen LogP contribution in [-0.2, 0) is 19.2 Å². The van der Waals surface area contributed by atoms with Crippen LogP contribution in [0, 0.1) is 5.92 Å². The number of amides is 3. The third-order valence-corrected chi connectivity index (χ3v) is 4.69. The molecule has 1 aliphatic heterocycles. The lowest BCUT2D eigenvalue weighted by molar-refractivity contribution is -0.144. The first-order valence-corrected chi connectivity index (χ1v) is 9.19. The molecule has 1 heterocycles. The summed E-state index contributed by atoms with van der Waals surface area (Å²) < 4.78 is 0. The van der Waals surface area contributed by atoms with Crippen LogP contribution in [0.4, 0.5) is 0 Å². The van der Waals surface area contributed by atoms with Gasteiger partial charge in [-0.1, -0.05) is 13.8 Å². The lowest BCUT2D eigenvalue weighted by Gasteiger charge is -2.30. The van der Waals surface area contributed by atoms with Gasteiger partial charge in [-0.25, -0.2) is 4.79 Å².